The number of carbonyl (C=O) groups excluding carboxylic acids is 1. The van der Waals surface area contributed by atoms with Crippen molar-refractivity contribution in [3.63, 3.8) is 0 Å². The molecule has 32 heavy (non-hydrogen) atoms. The largest absolute Gasteiger partial charge is 0.478 e. The molecule has 1 aliphatic carbocycles. The zero-order valence-corrected chi connectivity index (χ0v) is 18.3. The van der Waals surface area contributed by atoms with Crippen LogP contribution in [0, 0.1) is 6.92 Å². The number of carbonyl (C=O) groups is 2. The molecule has 1 saturated carbocycles. The number of hydrogen-bond donors (Lipinski definition) is 1. The molecule has 2 heterocycles. The summed E-state index contributed by atoms with van der Waals surface area (Å²) in [6, 6.07) is 15.7. The molecule has 164 valence electrons. The van der Waals surface area contributed by atoms with Gasteiger partial charge in [0.25, 0.3) is 5.91 Å². The molecule has 1 saturated heterocycles. The SMILES string of the molecule is Cc1nn(-c2cccc(-c3cccc(C(=O)N4CCCCC4)c3)c2)c(C2CC2)c1C(=O)O. The summed E-state index contributed by atoms with van der Waals surface area (Å²) in [5, 5.41) is 14.3. The highest BCUT2D eigenvalue weighted by molar-refractivity contribution is 5.95. The van der Waals surface area contributed by atoms with Gasteiger partial charge in [-0.2, -0.15) is 5.10 Å². The number of aromatic nitrogens is 2. The Morgan fingerprint density at radius 2 is 1.66 bits per heavy atom. The molecule has 0 atom stereocenters. The van der Waals surface area contributed by atoms with Gasteiger partial charge in [0.05, 0.1) is 17.1 Å². The third-order valence-corrected chi connectivity index (χ3v) is 6.45. The second kappa shape index (κ2) is 8.26. The first-order chi connectivity index (χ1) is 15.5. The molecule has 2 fully saturated rings. The highest BCUT2D eigenvalue weighted by Crippen LogP contribution is 2.43. The molecule has 1 N–H and O–H groups in total. The van der Waals surface area contributed by atoms with Gasteiger partial charge in [-0.3, -0.25) is 4.79 Å². The first-order valence-corrected chi connectivity index (χ1v) is 11.4. The summed E-state index contributed by atoms with van der Waals surface area (Å²) in [5.41, 5.74) is 5.14. The van der Waals surface area contributed by atoms with Crippen LogP contribution in [-0.2, 0) is 0 Å². The highest BCUT2D eigenvalue weighted by atomic mass is 16.4. The van der Waals surface area contributed by atoms with Crippen molar-refractivity contribution in [1.29, 1.82) is 0 Å². The highest BCUT2D eigenvalue weighted by Gasteiger charge is 2.34. The van der Waals surface area contributed by atoms with Gasteiger partial charge >= 0.3 is 5.97 Å². The summed E-state index contributed by atoms with van der Waals surface area (Å²) in [4.78, 5) is 26.8. The van der Waals surface area contributed by atoms with Crippen LogP contribution in [0.3, 0.4) is 0 Å². The van der Waals surface area contributed by atoms with Gasteiger partial charge < -0.3 is 10.0 Å². The summed E-state index contributed by atoms with van der Waals surface area (Å²) in [6.45, 7) is 3.41. The molecule has 6 nitrogen and oxygen atoms in total. The van der Waals surface area contributed by atoms with Crippen molar-refractivity contribution < 1.29 is 14.7 Å². The second-order valence-corrected chi connectivity index (χ2v) is 8.82. The molecule has 6 heteroatoms. The Hall–Kier alpha value is -3.41. The van der Waals surface area contributed by atoms with E-state index in [9.17, 15) is 14.7 Å². The molecule has 3 aromatic rings. The minimum atomic E-state index is -0.921. The van der Waals surface area contributed by atoms with Crippen molar-refractivity contribution >= 4 is 11.9 Å². The minimum Gasteiger partial charge on any atom is -0.478 e. The average molecular weight is 430 g/mol. The van der Waals surface area contributed by atoms with Crippen LogP contribution in [-0.4, -0.2) is 44.8 Å². The molecular formula is C26H27N3O3. The van der Waals surface area contributed by atoms with Crippen LogP contribution in [0.25, 0.3) is 16.8 Å². The van der Waals surface area contributed by atoms with E-state index < -0.39 is 5.97 Å². The molecule has 1 aromatic heterocycles. The van der Waals surface area contributed by atoms with Gasteiger partial charge in [0.1, 0.15) is 5.56 Å². The quantitative estimate of drug-likeness (QED) is 0.616. The van der Waals surface area contributed by atoms with E-state index in [4.69, 9.17) is 0 Å². The van der Waals surface area contributed by atoms with E-state index >= 15 is 0 Å². The number of amides is 1. The van der Waals surface area contributed by atoms with E-state index in [0.29, 0.717) is 16.8 Å². The monoisotopic (exact) mass is 429 g/mol. The molecule has 0 bridgehead atoms. The molecule has 0 radical (unpaired) electrons. The van der Waals surface area contributed by atoms with E-state index in [-0.39, 0.29) is 11.8 Å². The Kier molecular flexibility index (Phi) is 5.29. The maximum atomic E-state index is 13.0. The topological polar surface area (TPSA) is 75.4 Å². The van der Waals surface area contributed by atoms with Crippen LogP contribution in [0.2, 0.25) is 0 Å². The van der Waals surface area contributed by atoms with Crippen molar-refractivity contribution in [2.75, 3.05) is 13.1 Å². The summed E-state index contributed by atoms with van der Waals surface area (Å²) in [7, 11) is 0. The number of benzene rings is 2. The first kappa shape index (κ1) is 20.5. The predicted octanol–water partition coefficient (Wildman–Crippen LogP) is 5.05. The van der Waals surface area contributed by atoms with Gasteiger partial charge in [0.2, 0.25) is 0 Å². The van der Waals surface area contributed by atoms with E-state index in [0.717, 1.165) is 61.3 Å². The number of hydrogen-bond acceptors (Lipinski definition) is 3. The lowest BCUT2D eigenvalue weighted by molar-refractivity contribution is 0.0692. The fourth-order valence-electron chi connectivity index (χ4n) is 4.67. The number of piperidine rings is 1. The standard InChI is InChI=1S/C26H27N3O3/c1-17-23(26(31)32)24(18-11-12-18)29(27-17)22-10-6-8-20(16-22)19-7-5-9-21(15-19)25(30)28-13-3-2-4-14-28/h5-10,15-16,18H,2-4,11-14H2,1H3,(H,31,32). The Morgan fingerprint density at radius 1 is 0.969 bits per heavy atom. The van der Waals surface area contributed by atoms with Crippen LogP contribution in [0.4, 0.5) is 0 Å². The molecule has 5 rings (SSSR count). The van der Waals surface area contributed by atoms with Crippen molar-refractivity contribution in [3.05, 3.63) is 71.0 Å². The number of aryl methyl sites for hydroxylation is 1. The van der Waals surface area contributed by atoms with Crippen LogP contribution < -0.4 is 0 Å². The van der Waals surface area contributed by atoms with Gasteiger partial charge in [0, 0.05) is 24.6 Å². The van der Waals surface area contributed by atoms with E-state index in [2.05, 4.69) is 5.10 Å². The zero-order chi connectivity index (χ0) is 22.2. The number of nitrogens with zero attached hydrogens (tertiary/aromatic N) is 3. The summed E-state index contributed by atoms with van der Waals surface area (Å²) >= 11 is 0. The van der Waals surface area contributed by atoms with Gasteiger partial charge in [-0.1, -0.05) is 24.3 Å². The number of aromatic carboxylic acids is 1. The van der Waals surface area contributed by atoms with Gasteiger partial charge in [-0.15, -0.1) is 0 Å². The number of rotatable bonds is 5. The molecule has 2 aliphatic rings. The van der Waals surface area contributed by atoms with Crippen LogP contribution in [0.15, 0.2) is 48.5 Å². The van der Waals surface area contributed by atoms with Gasteiger partial charge in [-0.05, 0) is 74.4 Å². The Balaban J connectivity index is 1.50. The Morgan fingerprint density at radius 3 is 2.34 bits per heavy atom. The molecule has 2 aromatic carbocycles. The van der Waals surface area contributed by atoms with E-state index in [1.807, 2.05) is 53.4 Å². The van der Waals surface area contributed by atoms with E-state index in [1.165, 1.54) is 6.42 Å². The van der Waals surface area contributed by atoms with E-state index in [1.54, 1.807) is 11.6 Å². The normalized spacial score (nSPS) is 16.2. The third-order valence-electron chi connectivity index (χ3n) is 6.45. The summed E-state index contributed by atoms with van der Waals surface area (Å²) < 4.78 is 1.79. The smallest absolute Gasteiger partial charge is 0.339 e. The molecule has 0 spiro atoms. The fourth-order valence-corrected chi connectivity index (χ4v) is 4.67. The number of carboxylic acids is 1. The summed E-state index contributed by atoms with van der Waals surface area (Å²) in [6.07, 6.45) is 5.31. The lowest BCUT2D eigenvalue weighted by Gasteiger charge is -2.26. The van der Waals surface area contributed by atoms with Crippen molar-refractivity contribution in [3.8, 4) is 16.8 Å². The minimum absolute atomic E-state index is 0.0903. The lowest BCUT2D eigenvalue weighted by atomic mass is 10.0. The maximum absolute atomic E-state index is 13.0. The molecule has 0 unspecified atom stereocenters. The Labute approximate surface area is 187 Å². The second-order valence-electron chi connectivity index (χ2n) is 8.82. The Bertz CT molecular complexity index is 1190. The molecule has 1 amide bonds. The summed E-state index contributed by atoms with van der Waals surface area (Å²) in [5.74, 6) is -0.584. The first-order valence-electron chi connectivity index (χ1n) is 11.4. The fraction of sp³-hybridized carbons (Fsp3) is 0.346. The van der Waals surface area contributed by atoms with Gasteiger partial charge in [0.15, 0.2) is 0 Å². The van der Waals surface area contributed by atoms with Crippen LogP contribution in [0.5, 0.6) is 0 Å². The predicted molar refractivity (Wildman–Crippen MR) is 122 cm³/mol. The maximum Gasteiger partial charge on any atom is 0.339 e. The van der Waals surface area contributed by atoms with Crippen molar-refractivity contribution in [1.82, 2.24) is 14.7 Å². The number of carboxylic acid groups (broad SMARTS) is 1. The van der Waals surface area contributed by atoms with Crippen molar-refractivity contribution in [2.24, 2.45) is 0 Å². The van der Waals surface area contributed by atoms with Gasteiger partial charge in [-0.25, -0.2) is 9.48 Å². The molecular weight excluding hydrogens is 402 g/mol. The van der Waals surface area contributed by atoms with Crippen molar-refractivity contribution in [2.45, 2.75) is 44.9 Å². The zero-order valence-electron chi connectivity index (χ0n) is 18.3. The van der Waals surface area contributed by atoms with Crippen LogP contribution in [0.1, 0.15) is 70.1 Å². The lowest BCUT2D eigenvalue weighted by Crippen LogP contribution is -2.35. The number of likely N-dealkylation sites (tertiary alicyclic amines) is 1. The van der Waals surface area contributed by atoms with Crippen LogP contribution >= 0.6 is 0 Å². The molecule has 1 aliphatic heterocycles. The average Bonchev–Trinajstić information content (AvgIpc) is 3.60. The third kappa shape index (κ3) is 3.81.